The molecule has 3 saturated heterocycles. The number of likely N-dealkylation sites (tertiary alicyclic amines) is 1. The van der Waals surface area contributed by atoms with E-state index in [4.69, 9.17) is 0 Å². The number of unbranched alkanes of at least 4 members (excludes halogenated alkanes) is 2. The Labute approximate surface area is 191 Å². The molecule has 0 aliphatic carbocycles. The minimum atomic E-state index is -0.680. The fourth-order valence-corrected chi connectivity index (χ4v) is 9.09. The number of carbonyl (C=O) groups is 3. The highest BCUT2D eigenvalue weighted by atomic mass is 79.9. The van der Waals surface area contributed by atoms with Crippen LogP contribution in [0.4, 0.5) is 0 Å². The minimum Gasteiger partial charge on any atom is -0.394 e. The molecule has 3 fully saturated rings. The molecular weight excluding hydrogens is 470 g/mol. The van der Waals surface area contributed by atoms with Gasteiger partial charge in [-0.25, -0.2) is 0 Å². The molecule has 7 atom stereocenters. The van der Waals surface area contributed by atoms with Gasteiger partial charge in [-0.15, -0.1) is 11.8 Å². The second kappa shape index (κ2) is 9.36. The van der Waals surface area contributed by atoms with Crippen LogP contribution in [0.25, 0.3) is 0 Å². The van der Waals surface area contributed by atoms with Crippen molar-refractivity contribution in [3.8, 4) is 0 Å². The van der Waals surface area contributed by atoms with E-state index in [1.165, 1.54) is 0 Å². The largest absolute Gasteiger partial charge is 0.394 e. The van der Waals surface area contributed by atoms with Crippen molar-refractivity contribution in [2.24, 2.45) is 17.8 Å². The van der Waals surface area contributed by atoms with Gasteiger partial charge < -0.3 is 20.6 Å². The first-order valence-corrected chi connectivity index (χ1v) is 12.8. The zero-order chi connectivity index (χ0) is 22.2. The van der Waals surface area contributed by atoms with Crippen molar-refractivity contribution in [3.63, 3.8) is 0 Å². The van der Waals surface area contributed by atoms with E-state index < -0.39 is 28.7 Å². The Kier molecular flexibility index (Phi) is 7.45. The second-order valence-corrected chi connectivity index (χ2v) is 11.7. The summed E-state index contributed by atoms with van der Waals surface area (Å²) in [5, 5.41) is 15.8. The van der Waals surface area contributed by atoms with Crippen LogP contribution >= 0.6 is 27.7 Å². The van der Waals surface area contributed by atoms with Crippen molar-refractivity contribution < 1.29 is 19.5 Å². The molecule has 170 valence electrons. The molecule has 3 unspecified atom stereocenters. The maximum Gasteiger partial charge on any atom is 0.244 e. The summed E-state index contributed by atoms with van der Waals surface area (Å²) in [4.78, 5) is 41.7. The number of aliphatic hydroxyl groups is 1. The quantitative estimate of drug-likeness (QED) is 0.327. The van der Waals surface area contributed by atoms with Gasteiger partial charge in [-0.3, -0.25) is 14.4 Å². The van der Waals surface area contributed by atoms with Gasteiger partial charge in [0.2, 0.25) is 17.7 Å². The van der Waals surface area contributed by atoms with Gasteiger partial charge in [-0.05, 0) is 18.8 Å². The lowest BCUT2D eigenvalue weighted by atomic mass is 9.70. The molecule has 3 rings (SSSR count). The van der Waals surface area contributed by atoms with E-state index in [0.717, 1.165) is 19.3 Å². The minimum absolute atomic E-state index is 0.00927. The topological polar surface area (TPSA) is 98.7 Å². The second-order valence-electron chi connectivity index (χ2n) is 9.02. The molecule has 0 aromatic heterocycles. The summed E-state index contributed by atoms with van der Waals surface area (Å²) in [5.41, 5.74) is 0. The van der Waals surface area contributed by atoms with E-state index >= 15 is 0 Å². The van der Waals surface area contributed by atoms with Crippen LogP contribution in [0.15, 0.2) is 0 Å². The van der Waals surface area contributed by atoms with Crippen molar-refractivity contribution in [2.45, 2.75) is 73.4 Å². The highest BCUT2D eigenvalue weighted by Crippen LogP contribution is 2.68. The van der Waals surface area contributed by atoms with Gasteiger partial charge in [0, 0.05) is 23.7 Å². The number of aliphatic hydroxyl groups excluding tert-OH is 1. The molecule has 3 heterocycles. The van der Waals surface area contributed by atoms with Crippen molar-refractivity contribution in [3.05, 3.63) is 0 Å². The van der Waals surface area contributed by atoms with Gasteiger partial charge in [0.05, 0.1) is 29.2 Å². The van der Waals surface area contributed by atoms with Gasteiger partial charge in [0.15, 0.2) is 0 Å². The number of rotatable bonds is 9. The first kappa shape index (κ1) is 23.9. The van der Waals surface area contributed by atoms with Crippen LogP contribution in [0.5, 0.6) is 0 Å². The Morgan fingerprint density at radius 2 is 2.03 bits per heavy atom. The Morgan fingerprint density at radius 3 is 2.60 bits per heavy atom. The van der Waals surface area contributed by atoms with Crippen LogP contribution in [0.1, 0.15) is 46.5 Å². The Balaban J connectivity index is 2.00. The molecule has 0 aromatic rings. The average Bonchev–Trinajstić information content (AvgIpc) is 3.29. The predicted molar refractivity (Wildman–Crippen MR) is 121 cm³/mol. The monoisotopic (exact) mass is 503 g/mol. The lowest BCUT2D eigenvalue weighted by Gasteiger charge is -2.38. The summed E-state index contributed by atoms with van der Waals surface area (Å²) in [7, 11) is 1.59. The lowest BCUT2D eigenvalue weighted by molar-refractivity contribution is -0.143. The maximum atomic E-state index is 13.7. The molecule has 7 nitrogen and oxygen atoms in total. The number of halogens is 1. The molecule has 3 amide bonds. The van der Waals surface area contributed by atoms with Crippen LogP contribution in [0.3, 0.4) is 0 Å². The first-order chi connectivity index (χ1) is 14.2. The average molecular weight is 504 g/mol. The third kappa shape index (κ3) is 3.68. The summed E-state index contributed by atoms with van der Waals surface area (Å²) in [6, 6.07) is -1.14. The smallest absolute Gasteiger partial charge is 0.244 e. The fraction of sp³-hybridized carbons (Fsp3) is 0.857. The number of nitrogens with zero attached hydrogens (tertiary/aromatic N) is 1. The molecule has 1 spiro atoms. The predicted octanol–water partition coefficient (Wildman–Crippen LogP) is 1.52. The highest BCUT2D eigenvalue weighted by Gasteiger charge is 2.76. The van der Waals surface area contributed by atoms with E-state index in [0.29, 0.717) is 13.0 Å². The van der Waals surface area contributed by atoms with Gasteiger partial charge in [-0.1, -0.05) is 49.5 Å². The number of fused-ring (bicyclic) bond motifs is 1. The number of alkyl halides is 1. The Morgan fingerprint density at radius 1 is 1.33 bits per heavy atom. The summed E-state index contributed by atoms with van der Waals surface area (Å²) in [6.45, 7) is 6.37. The Bertz CT molecular complexity index is 693. The van der Waals surface area contributed by atoms with E-state index in [2.05, 4.69) is 33.5 Å². The van der Waals surface area contributed by atoms with Crippen molar-refractivity contribution in [1.29, 1.82) is 0 Å². The van der Waals surface area contributed by atoms with Gasteiger partial charge >= 0.3 is 0 Å². The highest BCUT2D eigenvalue weighted by molar-refractivity contribution is 9.09. The van der Waals surface area contributed by atoms with Crippen molar-refractivity contribution >= 4 is 45.4 Å². The number of amides is 3. The third-order valence-corrected chi connectivity index (χ3v) is 10.1. The maximum absolute atomic E-state index is 13.7. The number of hydrogen-bond acceptors (Lipinski definition) is 5. The van der Waals surface area contributed by atoms with Gasteiger partial charge in [0.1, 0.15) is 6.04 Å². The summed E-state index contributed by atoms with van der Waals surface area (Å²) in [5.74, 6) is -1.50. The molecule has 9 heteroatoms. The van der Waals surface area contributed by atoms with E-state index in [9.17, 15) is 19.5 Å². The van der Waals surface area contributed by atoms with Crippen LogP contribution in [0, 0.1) is 17.8 Å². The van der Waals surface area contributed by atoms with Crippen molar-refractivity contribution in [2.75, 3.05) is 20.2 Å². The van der Waals surface area contributed by atoms with Crippen LogP contribution in [0.2, 0.25) is 0 Å². The van der Waals surface area contributed by atoms with Crippen LogP contribution < -0.4 is 10.6 Å². The van der Waals surface area contributed by atoms with Crippen molar-refractivity contribution in [1.82, 2.24) is 15.5 Å². The molecule has 3 aliphatic heterocycles. The number of hydrogen-bond donors (Lipinski definition) is 3. The number of nitrogens with one attached hydrogen (secondary N) is 2. The van der Waals surface area contributed by atoms with Gasteiger partial charge in [0.25, 0.3) is 0 Å². The zero-order valence-electron chi connectivity index (χ0n) is 18.2. The lowest BCUT2D eigenvalue weighted by Crippen LogP contribution is -2.58. The molecule has 0 radical (unpaired) electrons. The molecule has 3 aliphatic rings. The molecule has 0 saturated carbocycles. The summed E-state index contributed by atoms with van der Waals surface area (Å²) in [6.07, 6.45) is 3.65. The summed E-state index contributed by atoms with van der Waals surface area (Å²) >= 11 is 5.35. The fourth-order valence-electron chi connectivity index (χ4n) is 5.49. The Hall–Kier alpha value is -0.800. The summed E-state index contributed by atoms with van der Waals surface area (Å²) < 4.78 is -0.649. The third-order valence-electron chi connectivity index (χ3n) is 6.92. The number of thioether (sulfide) groups is 1. The molecule has 30 heavy (non-hydrogen) atoms. The van der Waals surface area contributed by atoms with E-state index in [1.54, 1.807) is 23.7 Å². The zero-order valence-corrected chi connectivity index (χ0v) is 20.6. The van der Waals surface area contributed by atoms with E-state index in [1.807, 2.05) is 13.8 Å². The van der Waals surface area contributed by atoms with Gasteiger partial charge in [-0.2, -0.15) is 0 Å². The molecule has 0 aromatic carbocycles. The van der Waals surface area contributed by atoms with Crippen LogP contribution in [-0.2, 0) is 14.4 Å². The number of carbonyl (C=O) groups excluding carboxylic acids is 3. The first-order valence-electron chi connectivity index (χ1n) is 11.0. The standard InChI is InChI=1S/C21H34BrN3O4S/c1-5-6-7-8-24-19(28)17-21-9-12(22)16(30-21)14(18(27)23-4)15(21)20(29)25(17)13(10-26)11(2)3/h11-17,26H,5-10H2,1-4H3,(H,23,27)(H,24,28)/t12?,13-,14+,15-,16+,17?,21?/m0/s1. The van der Waals surface area contributed by atoms with E-state index in [-0.39, 0.29) is 40.3 Å². The SMILES string of the molecule is CCCCCNC(=O)C1N([C@@H](CO)C(C)C)C(=O)[C@@H]2[C@@H](C(=O)NC)[C@@H]3SC12CC3Br. The normalized spacial score (nSPS) is 35.6. The molecule has 3 N–H and O–H groups in total. The molecular formula is C21H34BrN3O4S. The molecule has 2 bridgehead atoms. The van der Waals surface area contributed by atoms with Crippen LogP contribution in [-0.4, -0.2) is 74.8 Å².